The fourth-order valence-electron chi connectivity index (χ4n) is 4.95. The van der Waals surface area contributed by atoms with Crippen molar-refractivity contribution >= 4 is 28.3 Å². The number of likely N-dealkylation sites (tertiary alicyclic amines) is 1. The van der Waals surface area contributed by atoms with E-state index in [0.29, 0.717) is 25.9 Å². The predicted molar refractivity (Wildman–Crippen MR) is 132 cm³/mol. The van der Waals surface area contributed by atoms with Crippen molar-refractivity contribution in [2.75, 3.05) is 56.9 Å². The van der Waals surface area contributed by atoms with E-state index < -0.39 is 12.1 Å². The molecule has 0 radical (unpaired) electrons. The molecule has 2 N–H and O–H groups in total. The van der Waals surface area contributed by atoms with Crippen molar-refractivity contribution in [1.29, 1.82) is 0 Å². The quantitative estimate of drug-likeness (QED) is 0.529. The molecule has 12 heteroatoms. The Morgan fingerprint density at radius 1 is 1.03 bits per heavy atom. The molecule has 1 amide bonds. The van der Waals surface area contributed by atoms with E-state index in [1.165, 1.54) is 6.07 Å². The zero-order chi connectivity index (χ0) is 26.2. The Hall–Kier alpha value is -3.67. The molecule has 4 heterocycles. The van der Waals surface area contributed by atoms with Gasteiger partial charge in [-0.25, -0.2) is 9.97 Å². The molecule has 0 unspecified atom stereocenters. The van der Waals surface area contributed by atoms with Crippen molar-refractivity contribution in [3.8, 4) is 5.75 Å². The second-order valence-electron chi connectivity index (χ2n) is 9.47. The van der Waals surface area contributed by atoms with Gasteiger partial charge in [-0.1, -0.05) is 0 Å². The number of fused-ring (bicyclic) bond motifs is 1. The maximum atomic E-state index is 13.0. The normalized spacial score (nSPS) is 17.8. The SMILES string of the molecule is CN1CCN(c2cnc3c(C4CCN(C(=O)c5ccc(OC(F)(F)F)cc5N)CC4)ncnc3c2)CC1. The molecule has 196 valence electrons. The molecule has 37 heavy (non-hydrogen) atoms. The molecular formula is C25H28F3N7O2. The summed E-state index contributed by atoms with van der Waals surface area (Å²) < 4.78 is 41.3. The maximum absolute atomic E-state index is 13.0. The van der Waals surface area contributed by atoms with E-state index in [9.17, 15) is 18.0 Å². The number of benzene rings is 1. The summed E-state index contributed by atoms with van der Waals surface area (Å²) in [5, 5.41) is 0. The topological polar surface area (TPSA) is 101 Å². The first-order chi connectivity index (χ1) is 17.7. The molecule has 0 atom stereocenters. The van der Waals surface area contributed by atoms with Crippen LogP contribution in [0.25, 0.3) is 11.0 Å². The summed E-state index contributed by atoms with van der Waals surface area (Å²) in [6.45, 7) is 4.82. The molecule has 3 aromatic rings. The molecule has 1 aromatic carbocycles. The lowest BCUT2D eigenvalue weighted by atomic mass is 9.92. The van der Waals surface area contributed by atoms with Crippen LogP contribution in [0.1, 0.15) is 34.8 Å². The Kier molecular flexibility index (Phi) is 6.76. The third kappa shape index (κ3) is 5.53. The van der Waals surface area contributed by atoms with Gasteiger partial charge in [-0.2, -0.15) is 0 Å². The molecule has 2 aliphatic heterocycles. The summed E-state index contributed by atoms with van der Waals surface area (Å²) in [7, 11) is 2.12. The van der Waals surface area contributed by atoms with Gasteiger partial charge in [0.15, 0.2) is 0 Å². The van der Waals surface area contributed by atoms with Crippen molar-refractivity contribution in [2.45, 2.75) is 25.1 Å². The summed E-state index contributed by atoms with van der Waals surface area (Å²) in [5.74, 6) is -0.673. The third-order valence-electron chi connectivity index (χ3n) is 7.01. The minimum atomic E-state index is -4.83. The van der Waals surface area contributed by atoms with Crippen molar-refractivity contribution in [2.24, 2.45) is 0 Å². The van der Waals surface area contributed by atoms with Crippen LogP contribution in [0.4, 0.5) is 24.5 Å². The molecule has 2 aromatic heterocycles. The minimum Gasteiger partial charge on any atom is -0.406 e. The first-order valence-corrected chi connectivity index (χ1v) is 12.2. The highest BCUT2D eigenvalue weighted by Gasteiger charge is 2.32. The number of piperidine rings is 1. The van der Waals surface area contributed by atoms with Gasteiger partial charge >= 0.3 is 6.36 Å². The summed E-state index contributed by atoms with van der Waals surface area (Å²) in [5.41, 5.74) is 9.46. The van der Waals surface area contributed by atoms with Crippen LogP contribution in [-0.4, -0.2) is 83.3 Å². The number of carbonyl (C=O) groups is 1. The molecule has 0 spiro atoms. The van der Waals surface area contributed by atoms with E-state index in [0.717, 1.165) is 60.7 Å². The highest BCUT2D eigenvalue weighted by molar-refractivity contribution is 5.99. The van der Waals surface area contributed by atoms with E-state index >= 15 is 0 Å². The van der Waals surface area contributed by atoms with Crippen molar-refractivity contribution in [3.05, 3.63) is 48.0 Å². The molecule has 9 nitrogen and oxygen atoms in total. The van der Waals surface area contributed by atoms with Gasteiger partial charge in [0.1, 0.15) is 17.6 Å². The lowest BCUT2D eigenvalue weighted by Crippen LogP contribution is -2.44. The number of ether oxygens (including phenoxy) is 1. The number of pyridine rings is 1. The number of nitrogens with zero attached hydrogens (tertiary/aromatic N) is 6. The Bertz CT molecular complexity index is 1290. The van der Waals surface area contributed by atoms with Gasteiger partial charge in [-0.15, -0.1) is 13.2 Å². The van der Waals surface area contributed by atoms with Gasteiger partial charge < -0.3 is 25.2 Å². The Balaban J connectivity index is 1.26. The number of alkyl halides is 3. The highest BCUT2D eigenvalue weighted by Crippen LogP contribution is 2.33. The number of hydrogen-bond acceptors (Lipinski definition) is 8. The molecule has 2 saturated heterocycles. The van der Waals surface area contributed by atoms with Gasteiger partial charge in [0, 0.05) is 56.9 Å². The number of nitrogens with two attached hydrogens (primary N) is 1. The van der Waals surface area contributed by atoms with Crippen LogP contribution in [0, 0.1) is 0 Å². The van der Waals surface area contributed by atoms with Gasteiger partial charge in [0.05, 0.1) is 28.7 Å². The summed E-state index contributed by atoms with van der Waals surface area (Å²) in [4.78, 5) is 33.0. The minimum absolute atomic E-state index is 0.0592. The number of likely N-dealkylation sites (N-methyl/N-ethyl adjacent to an activating group) is 1. The Morgan fingerprint density at radius 3 is 2.43 bits per heavy atom. The van der Waals surface area contributed by atoms with Crippen LogP contribution in [0.2, 0.25) is 0 Å². The number of aromatic nitrogens is 3. The number of carbonyl (C=O) groups excluding carboxylic acids is 1. The highest BCUT2D eigenvalue weighted by atomic mass is 19.4. The number of anilines is 2. The van der Waals surface area contributed by atoms with E-state index in [1.807, 2.05) is 6.20 Å². The first kappa shape index (κ1) is 25.0. The molecular weight excluding hydrogens is 487 g/mol. The van der Waals surface area contributed by atoms with Gasteiger partial charge in [0.2, 0.25) is 0 Å². The van der Waals surface area contributed by atoms with Crippen molar-refractivity contribution < 1.29 is 22.7 Å². The second-order valence-corrected chi connectivity index (χ2v) is 9.47. The largest absolute Gasteiger partial charge is 0.573 e. The number of rotatable bonds is 4. The molecule has 2 aliphatic rings. The predicted octanol–water partition coefficient (Wildman–Crippen LogP) is 3.28. The summed E-state index contributed by atoms with van der Waals surface area (Å²) >= 11 is 0. The van der Waals surface area contributed by atoms with Gasteiger partial charge in [0.25, 0.3) is 5.91 Å². The molecule has 5 rings (SSSR count). The Morgan fingerprint density at radius 2 is 1.76 bits per heavy atom. The van der Waals surface area contributed by atoms with Crippen LogP contribution >= 0.6 is 0 Å². The maximum Gasteiger partial charge on any atom is 0.573 e. The lowest BCUT2D eigenvalue weighted by Gasteiger charge is -2.34. The molecule has 0 bridgehead atoms. The number of halogens is 3. The second kappa shape index (κ2) is 10.0. The van der Waals surface area contributed by atoms with Crippen LogP contribution < -0.4 is 15.4 Å². The van der Waals surface area contributed by atoms with Crippen LogP contribution in [0.3, 0.4) is 0 Å². The van der Waals surface area contributed by atoms with E-state index in [2.05, 4.69) is 37.6 Å². The van der Waals surface area contributed by atoms with Crippen molar-refractivity contribution in [1.82, 2.24) is 24.8 Å². The zero-order valence-corrected chi connectivity index (χ0v) is 20.4. The number of nitrogen functional groups attached to an aromatic ring is 1. The molecule has 0 aliphatic carbocycles. The van der Waals surface area contributed by atoms with E-state index in [4.69, 9.17) is 10.7 Å². The number of piperazine rings is 1. The average molecular weight is 516 g/mol. The van der Waals surface area contributed by atoms with Crippen LogP contribution in [0.5, 0.6) is 5.75 Å². The van der Waals surface area contributed by atoms with Crippen molar-refractivity contribution in [3.63, 3.8) is 0 Å². The van der Waals surface area contributed by atoms with Gasteiger partial charge in [-0.05, 0) is 38.1 Å². The summed E-state index contributed by atoms with van der Waals surface area (Å²) in [6.07, 6.45) is -0.0279. The number of amides is 1. The third-order valence-corrected chi connectivity index (χ3v) is 7.01. The standard InChI is InChI=1S/C25H28F3N7O2/c1-33-8-10-34(11-9-33)17-12-21-23(30-14-17)22(32-15-31-21)16-4-6-35(7-5-16)24(36)19-3-2-18(13-20(19)29)37-25(26,27)28/h2-3,12-16H,4-11,29H2,1H3. The van der Waals surface area contributed by atoms with Gasteiger partial charge in [-0.3, -0.25) is 9.78 Å². The zero-order valence-electron chi connectivity index (χ0n) is 20.4. The molecule has 2 fully saturated rings. The fraction of sp³-hybridized carbons (Fsp3) is 0.440. The smallest absolute Gasteiger partial charge is 0.406 e. The molecule has 0 saturated carbocycles. The number of hydrogen-bond donors (Lipinski definition) is 1. The summed E-state index contributed by atoms with van der Waals surface area (Å²) in [6, 6.07) is 5.44. The Labute approximate surface area is 212 Å². The first-order valence-electron chi connectivity index (χ1n) is 12.2. The average Bonchev–Trinajstić information content (AvgIpc) is 2.87. The lowest BCUT2D eigenvalue weighted by molar-refractivity contribution is -0.274. The van der Waals surface area contributed by atoms with E-state index in [1.54, 1.807) is 11.2 Å². The fourth-order valence-corrected chi connectivity index (χ4v) is 4.95. The van der Waals surface area contributed by atoms with Crippen LogP contribution in [-0.2, 0) is 0 Å². The monoisotopic (exact) mass is 515 g/mol. The van der Waals surface area contributed by atoms with Crippen LogP contribution in [0.15, 0.2) is 36.8 Å². The van der Waals surface area contributed by atoms with E-state index in [-0.39, 0.29) is 23.1 Å².